The number of likely N-dealkylation sites (N-methyl/N-ethyl adjacent to an activating group) is 1. The molecule has 0 aromatic carbocycles. The summed E-state index contributed by atoms with van der Waals surface area (Å²) in [6, 6.07) is -1.26. The molecule has 0 saturated heterocycles. The topological polar surface area (TPSA) is 108 Å². The highest BCUT2D eigenvalue weighted by Crippen LogP contribution is 2.24. The van der Waals surface area contributed by atoms with Gasteiger partial charge in [0.2, 0.25) is 17.7 Å². The quantitative estimate of drug-likeness (QED) is 0.111. The van der Waals surface area contributed by atoms with Gasteiger partial charge in [0.15, 0.2) is 0 Å². The molecule has 0 fully saturated rings. The first kappa shape index (κ1) is 33.7. The third-order valence-electron chi connectivity index (χ3n) is 5.39. The Morgan fingerprint density at radius 1 is 0.886 bits per heavy atom. The van der Waals surface area contributed by atoms with Crippen molar-refractivity contribution in [1.82, 2.24) is 20.9 Å². The van der Waals surface area contributed by atoms with E-state index in [-0.39, 0.29) is 36.7 Å². The van der Waals surface area contributed by atoms with E-state index in [1.54, 1.807) is 7.05 Å². The molecule has 2 atom stereocenters. The second-order valence-electron chi connectivity index (χ2n) is 9.09. The van der Waals surface area contributed by atoms with Crippen molar-refractivity contribution >= 4 is 45.6 Å². The van der Waals surface area contributed by atoms with Gasteiger partial charge in [-0.15, -0.1) is 0 Å². The fourth-order valence-electron chi connectivity index (χ4n) is 3.46. The molecule has 0 heterocycles. The molecule has 0 aromatic rings. The summed E-state index contributed by atoms with van der Waals surface area (Å²) in [6.45, 7) is 8.24. The van der Waals surface area contributed by atoms with Crippen molar-refractivity contribution in [3.8, 4) is 0 Å². The normalized spacial score (nSPS) is 12.7. The first-order valence-corrected chi connectivity index (χ1v) is 15.5. The van der Waals surface area contributed by atoms with Crippen LogP contribution in [0.1, 0.15) is 79.1 Å². The second kappa shape index (κ2) is 22.0. The van der Waals surface area contributed by atoms with Gasteiger partial charge in [-0.2, -0.15) is 0 Å². The molecule has 3 N–H and O–H groups in total. The van der Waals surface area contributed by atoms with Gasteiger partial charge in [-0.05, 0) is 38.6 Å². The third-order valence-corrected chi connectivity index (χ3v) is 7.97. The van der Waals surface area contributed by atoms with E-state index in [1.807, 2.05) is 42.4 Å². The van der Waals surface area contributed by atoms with Crippen LogP contribution >= 0.6 is 21.6 Å². The summed E-state index contributed by atoms with van der Waals surface area (Å²) >= 11 is 0. The van der Waals surface area contributed by atoms with Crippen molar-refractivity contribution in [2.75, 3.05) is 38.2 Å². The minimum atomic E-state index is -0.709. The third kappa shape index (κ3) is 16.9. The van der Waals surface area contributed by atoms with Crippen molar-refractivity contribution in [3.05, 3.63) is 0 Å². The Morgan fingerprint density at radius 3 is 2.09 bits per heavy atom. The van der Waals surface area contributed by atoms with Crippen molar-refractivity contribution in [2.45, 2.75) is 91.1 Å². The smallest absolute Gasteiger partial charge is 0.245 e. The van der Waals surface area contributed by atoms with E-state index in [0.29, 0.717) is 19.4 Å². The van der Waals surface area contributed by atoms with Crippen LogP contribution in [0.5, 0.6) is 0 Å². The van der Waals surface area contributed by atoms with Crippen molar-refractivity contribution < 1.29 is 19.2 Å². The van der Waals surface area contributed by atoms with Crippen LogP contribution in [0.4, 0.5) is 0 Å². The SMILES string of the molecule is CCCCCSSCCCCCC(C=O)NC(=O)CN(CCC)C(=O)C(NC(=O)CNC)C(C)C. The number of carbonyl (C=O) groups is 4. The second-order valence-corrected chi connectivity index (χ2v) is 11.8. The summed E-state index contributed by atoms with van der Waals surface area (Å²) in [5, 5.41) is 8.29. The minimum Gasteiger partial charge on any atom is -0.345 e. The Balaban J connectivity index is 4.54. The average molecular weight is 533 g/mol. The maximum Gasteiger partial charge on any atom is 0.245 e. The Morgan fingerprint density at radius 2 is 1.54 bits per heavy atom. The van der Waals surface area contributed by atoms with Gasteiger partial charge >= 0.3 is 0 Å². The molecule has 35 heavy (non-hydrogen) atoms. The predicted molar refractivity (Wildman–Crippen MR) is 148 cm³/mol. The minimum absolute atomic E-state index is 0.113. The van der Waals surface area contributed by atoms with E-state index in [2.05, 4.69) is 22.9 Å². The van der Waals surface area contributed by atoms with Crippen molar-refractivity contribution in [2.24, 2.45) is 5.92 Å². The highest BCUT2D eigenvalue weighted by Gasteiger charge is 2.29. The average Bonchev–Trinajstić information content (AvgIpc) is 2.82. The van der Waals surface area contributed by atoms with Gasteiger partial charge in [0.1, 0.15) is 12.3 Å². The molecule has 0 aromatic heterocycles. The highest BCUT2D eigenvalue weighted by atomic mass is 33.1. The molecular weight excluding hydrogens is 484 g/mol. The van der Waals surface area contributed by atoms with Gasteiger partial charge in [-0.25, -0.2) is 0 Å². The summed E-state index contributed by atoms with van der Waals surface area (Å²) in [7, 11) is 5.51. The molecule has 0 spiro atoms. The monoisotopic (exact) mass is 532 g/mol. The number of rotatable bonds is 22. The lowest BCUT2D eigenvalue weighted by Crippen LogP contribution is -2.55. The van der Waals surface area contributed by atoms with E-state index in [9.17, 15) is 19.2 Å². The van der Waals surface area contributed by atoms with Crippen LogP contribution in [-0.4, -0.2) is 79.2 Å². The fourth-order valence-corrected chi connectivity index (χ4v) is 5.76. The molecule has 0 rings (SSSR count). The van der Waals surface area contributed by atoms with E-state index < -0.39 is 12.1 Å². The zero-order valence-corrected chi connectivity index (χ0v) is 24.0. The first-order valence-electron chi connectivity index (χ1n) is 13.0. The number of carbonyl (C=O) groups excluding carboxylic acids is 4. The zero-order valence-electron chi connectivity index (χ0n) is 22.4. The lowest BCUT2D eigenvalue weighted by Gasteiger charge is -2.29. The van der Waals surface area contributed by atoms with Gasteiger partial charge in [-0.3, -0.25) is 14.4 Å². The van der Waals surface area contributed by atoms with Crippen molar-refractivity contribution in [1.29, 1.82) is 0 Å². The summed E-state index contributed by atoms with van der Waals surface area (Å²) in [5.74, 6) is 1.28. The number of hydrogen-bond acceptors (Lipinski definition) is 7. The van der Waals surface area contributed by atoms with Gasteiger partial charge in [0.25, 0.3) is 0 Å². The standard InChI is InChI=1S/C25H48N4O4S2/c1-6-8-11-15-34-35-16-12-9-10-13-21(19-30)27-23(32)18-29(14-7-2)25(33)24(20(3)4)28-22(31)17-26-5/h19-21,24,26H,6-18H2,1-5H3,(H,27,32)(H,28,31). The van der Waals surface area contributed by atoms with Gasteiger partial charge in [0.05, 0.1) is 19.1 Å². The molecule has 0 bridgehead atoms. The molecule has 0 aliphatic carbocycles. The Hall–Kier alpha value is -1.26. The van der Waals surface area contributed by atoms with E-state index in [0.717, 1.165) is 31.3 Å². The van der Waals surface area contributed by atoms with E-state index >= 15 is 0 Å². The molecule has 2 unspecified atom stereocenters. The first-order chi connectivity index (χ1) is 16.8. The number of nitrogens with one attached hydrogen (secondary N) is 3. The Labute approximate surface area is 220 Å². The van der Waals surface area contributed by atoms with E-state index in [1.165, 1.54) is 29.9 Å². The zero-order chi connectivity index (χ0) is 26.5. The lowest BCUT2D eigenvalue weighted by molar-refractivity contribution is -0.140. The molecule has 0 saturated carbocycles. The van der Waals surface area contributed by atoms with Gasteiger partial charge in [-0.1, -0.05) is 75.0 Å². The Kier molecular flexibility index (Phi) is 21.2. The highest BCUT2D eigenvalue weighted by molar-refractivity contribution is 8.76. The van der Waals surface area contributed by atoms with Gasteiger partial charge in [0, 0.05) is 18.1 Å². The summed E-state index contributed by atoms with van der Waals surface area (Å²) in [4.78, 5) is 50.7. The van der Waals surface area contributed by atoms with Crippen LogP contribution in [0.2, 0.25) is 0 Å². The number of aldehydes is 1. The number of unbranched alkanes of at least 4 members (excludes halogenated alkanes) is 4. The van der Waals surface area contributed by atoms with Crippen LogP contribution in [-0.2, 0) is 19.2 Å². The number of hydrogen-bond donors (Lipinski definition) is 3. The maximum atomic E-state index is 13.1. The molecular formula is C25H48N4O4S2. The number of amides is 3. The maximum absolute atomic E-state index is 13.1. The van der Waals surface area contributed by atoms with Crippen LogP contribution in [0.3, 0.4) is 0 Å². The predicted octanol–water partition coefficient (Wildman–Crippen LogP) is 3.40. The molecule has 0 aliphatic heterocycles. The van der Waals surface area contributed by atoms with Crippen LogP contribution in [0.25, 0.3) is 0 Å². The summed E-state index contributed by atoms with van der Waals surface area (Å²) < 4.78 is 0. The largest absolute Gasteiger partial charge is 0.345 e. The summed E-state index contributed by atoms with van der Waals surface area (Å²) in [6.07, 6.45) is 8.86. The van der Waals surface area contributed by atoms with Gasteiger partial charge < -0.3 is 25.6 Å². The molecule has 0 radical (unpaired) electrons. The molecule has 0 aliphatic rings. The number of nitrogens with zero attached hydrogens (tertiary/aromatic N) is 1. The molecule has 8 nitrogen and oxygen atoms in total. The van der Waals surface area contributed by atoms with Crippen LogP contribution in [0.15, 0.2) is 0 Å². The summed E-state index contributed by atoms with van der Waals surface area (Å²) in [5.41, 5.74) is 0. The molecule has 10 heteroatoms. The lowest BCUT2D eigenvalue weighted by atomic mass is 10.0. The van der Waals surface area contributed by atoms with Crippen LogP contribution in [0, 0.1) is 5.92 Å². The van der Waals surface area contributed by atoms with Crippen molar-refractivity contribution in [3.63, 3.8) is 0 Å². The molecule has 204 valence electrons. The molecule has 3 amide bonds. The fraction of sp³-hybridized carbons (Fsp3) is 0.840. The van der Waals surface area contributed by atoms with Crippen LogP contribution < -0.4 is 16.0 Å². The Bertz CT molecular complexity index is 608. The van der Waals surface area contributed by atoms with E-state index in [4.69, 9.17) is 0 Å².